The lowest BCUT2D eigenvalue weighted by Crippen LogP contribution is -2.04. The molecule has 5 heterocycles. The van der Waals surface area contributed by atoms with Crippen molar-refractivity contribution in [3.8, 4) is 45.4 Å². The minimum Gasteiger partial charge on any atom is -0.453 e. The lowest BCUT2D eigenvalue weighted by atomic mass is 10.0. The van der Waals surface area contributed by atoms with Crippen LogP contribution in [-0.4, -0.2) is 18.3 Å². The van der Waals surface area contributed by atoms with E-state index in [-0.39, 0.29) is 0 Å². The first kappa shape index (κ1) is 34.7. The Bertz CT molecular complexity index is 4050. The van der Waals surface area contributed by atoms with Crippen LogP contribution in [0.15, 0.2) is 218 Å². The highest BCUT2D eigenvalue weighted by Gasteiger charge is 2.24. The summed E-state index contributed by atoms with van der Waals surface area (Å²) in [5, 5.41) is 9.85. The molecule has 0 N–H and O–H groups in total. The fourth-order valence-corrected chi connectivity index (χ4v) is 11.2. The van der Waals surface area contributed by atoms with Gasteiger partial charge in [-0.15, -0.1) is 0 Å². The lowest BCUT2D eigenvalue weighted by Gasteiger charge is -2.21. The molecule has 14 aromatic rings. The molecule has 15 rings (SSSR count). The van der Waals surface area contributed by atoms with Crippen LogP contribution < -0.4 is 4.74 Å². The molecular weight excluding hydrogens is 793 g/mol. The average Bonchev–Trinajstić information content (AvgIpc) is 4.10. The standard InChI is InChI=1S/C60H36N4O/c1-6-18-50-42(12-1)43-13-2-7-19-51(43)62(50)40-29-31-55-48(35-40)49-36-41(63-52-20-8-3-14-44(52)45-15-4-9-21-53(45)63)30-32-56(49)61(55)39-27-24-37(25-28-39)38-26-33-58-57(34-38)64-54-22-10-5-16-46(54)47-17-11-23-59(65-58)60(47)64/h1-36H. The predicted octanol–water partition coefficient (Wildman–Crippen LogP) is 15.8. The first-order chi connectivity index (χ1) is 32.2. The average molecular weight is 829 g/mol. The molecule has 0 saturated carbocycles. The molecule has 0 bridgehead atoms. The Morgan fingerprint density at radius 3 is 1.17 bits per heavy atom. The fourth-order valence-electron chi connectivity index (χ4n) is 11.2. The van der Waals surface area contributed by atoms with E-state index in [1.807, 2.05) is 0 Å². The maximum Gasteiger partial charge on any atom is 0.152 e. The zero-order valence-electron chi connectivity index (χ0n) is 35.0. The van der Waals surface area contributed by atoms with Crippen LogP contribution in [-0.2, 0) is 0 Å². The summed E-state index contributed by atoms with van der Waals surface area (Å²) in [6.45, 7) is 0. The number of hydrogen-bond acceptors (Lipinski definition) is 1. The molecule has 0 spiro atoms. The van der Waals surface area contributed by atoms with Gasteiger partial charge in [-0.2, -0.15) is 0 Å². The van der Waals surface area contributed by atoms with Crippen molar-refractivity contribution in [1.29, 1.82) is 0 Å². The van der Waals surface area contributed by atoms with E-state index in [1.165, 1.54) is 70.7 Å². The van der Waals surface area contributed by atoms with Crippen molar-refractivity contribution in [1.82, 2.24) is 18.3 Å². The number of rotatable bonds is 4. The van der Waals surface area contributed by atoms with Gasteiger partial charge in [0.15, 0.2) is 11.5 Å². The molecule has 0 aliphatic carbocycles. The number of ether oxygens (including phenoxy) is 1. The largest absolute Gasteiger partial charge is 0.453 e. The number of benzene rings is 10. The van der Waals surface area contributed by atoms with Gasteiger partial charge in [-0.05, 0) is 108 Å². The van der Waals surface area contributed by atoms with Crippen LogP contribution in [0.25, 0.3) is 121 Å². The summed E-state index contributed by atoms with van der Waals surface area (Å²) >= 11 is 0. The van der Waals surface area contributed by atoms with Crippen molar-refractivity contribution in [2.75, 3.05) is 0 Å². The third-order valence-electron chi connectivity index (χ3n) is 13.9. The Morgan fingerprint density at radius 1 is 0.246 bits per heavy atom. The van der Waals surface area contributed by atoms with E-state index in [0.717, 1.165) is 61.9 Å². The van der Waals surface area contributed by atoms with Crippen molar-refractivity contribution >= 4 is 87.2 Å². The highest BCUT2D eigenvalue weighted by molar-refractivity contribution is 6.15. The number of nitrogens with zero attached hydrogens (tertiary/aromatic N) is 4. The van der Waals surface area contributed by atoms with Gasteiger partial charge in [0, 0.05) is 60.2 Å². The number of hydrogen-bond donors (Lipinski definition) is 0. The van der Waals surface area contributed by atoms with Crippen molar-refractivity contribution in [3.63, 3.8) is 0 Å². The molecule has 0 unspecified atom stereocenters. The van der Waals surface area contributed by atoms with E-state index >= 15 is 0 Å². The number of para-hydroxylation sites is 6. The number of aromatic nitrogens is 4. The summed E-state index contributed by atoms with van der Waals surface area (Å²) in [5.41, 5.74) is 16.1. The normalized spacial score (nSPS) is 12.4. The van der Waals surface area contributed by atoms with Crippen LogP contribution >= 0.6 is 0 Å². The van der Waals surface area contributed by atoms with E-state index in [9.17, 15) is 0 Å². The lowest BCUT2D eigenvalue weighted by molar-refractivity contribution is 0.476. The zero-order chi connectivity index (χ0) is 42.3. The molecule has 0 atom stereocenters. The van der Waals surface area contributed by atoms with Crippen LogP contribution in [0.3, 0.4) is 0 Å². The fraction of sp³-hybridized carbons (Fsp3) is 0. The Labute approximate surface area is 372 Å². The van der Waals surface area contributed by atoms with Crippen molar-refractivity contribution in [2.24, 2.45) is 0 Å². The molecule has 302 valence electrons. The molecule has 5 heteroatoms. The summed E-state index contributed by atoms with van der Waals surface area (Å²) in [4.78, 5) is 0. The van der Waals surface area contributed by atoms with Crippen LogP contribution in [0.1, 0.15) is 0 Å². The van der Waals surface area contributed by atoms with E-state index in [1.54, 1.807) is 0 Å². The van der Waals surface area contributed by atoms with Crippen LogP contribution in [0, 0.1) is 0 Å². The van der Waals surface area contributed by atoms with Crippen LogP contribution in [0.5, 0.6) is 11.5 Å². The quantitative estimate of drug-likeness (QED) is 0.174. The summed E-state index contributed by atoms with van der Waals surface area (Å²) < 4.78 is 16.2. The van der Waals surface area contributed by atoms with Gasteiger partial charge in [0.05, 0.1) is 49.8 Å². The van der Waals surface area contributed by atoms with Gasteiger partial charge >= 0.3 is 0 Å². The van der Waals surface area contributed by atoms with Crippen molar-refractivity contribution < 1.29 is 4.74 Å². The van der Waals surface area contributed by atoms with Gasteiger partial charge in [-0.3, -0.25) is 0 Å². The molecule has 5 nitrogen and oxygen atoms in total. The maximum absolute atomic E-state index is 6.54. The second-order valence-corrected chi connectivity index (χ2v) is 17.3. The van der Waals surface area contributed by atoms with Gasteiger partial charge in [0.25, 0.3) is 0 Å². The van der Waals surface area contributed by atoms with Gasteiger partial charge < -0.3 is 23.0 Å². The SMILES string of the molecule is c1ccc2c(c1)c1ccccc1n2-c1ccc2c(c1)c1cc(-n3c4ccccc4c4ccccc43)ccc1n2-c1ccc(-c2ccc3c(c2)-n2c4ccccc4c4cccc(c42)O3)cc1. The van der Waals surface area contributed by atoms with Crippen LogP contribution in [0.2, 0.25) is 0 Å². The molecule has 0 amide bonds. The predicted molar refractivity (Wildman–Crippen MR) is 269 cm³/mol. The van der Waals surface area contributed by atoms with Gasteiger partial charge in [0.1, 0.15) is 0 Å². The Balaban J connectivity index is 0.922. The summed E-state index contributed by atoms with van der Waals surface area (Å²) in [5.74, 6) is 1.75. The molecule has 10 aromatic carbocycles. The van der Waals surface area contributed by atoms with E-state index < -0.39 is 0 Å². The summed E-state index contributed by atoms with van der Waals surface area (Å²) in [7, 11) is 0. The molecule has 4 aromatic heterocycles. The topological polar surface area (TPSA) is 28.9 Å². The molecule has 0 radical (unpaired) electrons. The monoisotopic (exact) mass is 828 g/mol. The third kappa shape index (κ3) is 4.76. The third-order valence-corrected chi connectivity index (χ3v) is 13.9. The van der Waals surface area contributed by atoms with Crippen molar-refractivity contribution in [2.45, 2.75) is 0 Å². The van der Waals surface area contributed by atoms with E-state index in [4.69, 9.17) is 4.74 Å². The van der Waals surface area contributed by atoms with Crippen LogP contribution in [0.4, 0.5) is 0 Å². The second-order valence-electron chi connectivity index (χ2n) is 17.3. The van der Waals surface area contributed by atoms with Gasteiger partial charge in [0.2, 0.25) is 0 Å². The Morgan fingerprint density at radius 2 is 0.646 bits per heavy atom. The second kappa shape index (κ2) is 12.9. The molecule has 0 saturated heterocycles. The van der Waals surface area contributed by atoms with Crippen molar-refractivity contribution in [3.05, 3.63) is 218 Å². The number of fused-ring (bicyclic) bond motifs is 14. The first-order valence-corrected chi connectivity index (χ1v) is 22.3. The van der Waals surface area contributed by atoms with E-state index in [2.05, 4.69) is 237 Å². The summed E-state index contributed by atoms with van der Waals surface area (Å²) in [6, 6.07) is 79.6. The highest BCUT2D eigenvalue weighted by atomic mass is 16.5. The highest BCUT2D eigenvalue weighted by Crippen LogP contribution is 2.47. The van der Waals surface area contributed by atoms with Gasteiger partial charge in [-0.1, -0.05) is 121 Å². The maximum atomic E-state index is 6.54. The molecule has 1 aliphatic heterocycles. The first-order valence-electron chi connectivity index (χ1n) is 22.3. The Hall–Kier alpha value is -8.80. The summed E-state index contributed by atoms with van der Waals surface area (Å²) in [6.07, 6.45) is 0. The minimum atomic E-state index is 0.859. The van der Waals surface area contributed by atoms with Gasteiger partial charge in [-0.25, -0.2) is 0 Å². The van der Waals surface area contributed by atoms with E-state index in [0.29, 0.717) is 0 Å². The Kier molecular flexibility index (Phi) is 6.89. The molecular formula is C60H36N4O. The molecule has 1 aliphatic rings. The smallest absolute Gasteiger partial charge is 0.152 e. The molecule has 0 fully saturated rings. The zero-order valence-corrected chi connectivity index (χ0v) is 35.0. The minimum absolute atomic E-state index is 0.859. The molecule has 65 heavy (non-hydrogen) atoms.